The van der Waals surface area contributed by atoms with Gasteiger partial charge in [0, 0.05) is 44.0 Å². The van der Waals surface area contributed by atoms with E-state index in [1.807, 2.05) is 0 Å². The van der Waals surface area contributed by atoms with Crippen LogP contribution in [0.25, 0.3) is 0 Å². The van der Waals surface area contributed by atoms with E-state index in [0.717, 1.165) is 30.6 Å². The highest BCUT2D eigenvalue weighted by atomic mass is 15.3. The molecular weight excluding hydrogens is 200 g/mol. The van der Waals surface area contributed by atoms with E-state index in [1.54, 1.807) is 0 Å². The van der Waals surface area contributed by atoms with Crippen LogP contribution in [0.3, 0.4) is 0 Å². The van der Waals surface area contributed by atoms with Crippen molar-refractivity contribution >= 4 is 5.82 Å². The van der Waals surface area contributed by atoms with Crippen molar-refractivity contribution in [3.05, 3.63) is 11.8 Å². The van der Waals surface area contributed by atoms with Crippen molar-refractivity contribution < 1.29 is 0 Å². The Morgan fingerprint density at radius 3 is 2.50 bits per heavy atom. The van der Waals surface area contributed by atoms with Gasteiger partial charge < -0.3 is 4.90 Å². The van der Waals surface area contributed by atoms with E-state index < -0.39 is 0 Å². The zero-order valence-electron chi connectivity index (χ0n) is 9.95. The van der Waals surface area contributed by atoms with Crippen molar-refractivity contribution in [2.45, 2.75) is 32.2 Å². The van der Waals surface area contributed by atoms with E-state index in [-0.39, 0.29) is 0 Å². The molecule has 2 fully saturated rings. The quantitative estimate of drug-likeness (QED) is 0.818. The fourth-order valence-corrected chi connectivity index (χ4v) is 2.63. The van der Waals surface area contributed by atoms with E-state index >= 15 is 0 Å². The number of nitrogens with one attached hydrogen (secondary N) is 1. The Labute approximate surface area is 96.6 Å². The van der Waals surface area contributed by atoms with Crippen molar-refractivity contribution in [3.63, 3.8) is 0 Å². The van der Waals surface area contributed by atoms with Gasteiger partial charge in [-0.2, -0.15) is 5.10 Å². The summed E-state index contributed by atoms with van der Waals surface area (Å²) in [5.41, 5.74) is 1.15. The number of piperazine rings is 1. The lowest BCUT2D eigenvalue weighted by molar-refractivity contribution is 0.120. The molecule has 88 valence electrons. The number of hydrogen-bond donors (Lipinski definition) is 1. The van der Waals surface area contributed by atoms with Gasteiger partial charge in [-0.05, 0) is 19.8 Å². The fraction of sp³-hybridized carbons (Fsp3) is 0.750. The third kappa shape index (κ3) is 1.82. The highest BCUT2D eigenvalue weighted by Crippen LogP contribution is 2.26. The molecule has 1 saturated carbocycles. The van der Waals surface area contributed by atoms with Gasteiger partial charge in [-0.15, -0.1) is 0 Å². The molecule has 0 spiro atoms. The molecule has 1 aliphatic carbocycles. The van der Waals surface area contributed by atoms with Gasteiger partial charge in [0.15, 0.2) is 5.82 Å². The molecule has 2 heterocycles. The van der Waals surface area contributed by atoms with Crippen molar-refractivity contribution in [1.82, 2.24) is 15.1 Å². The molecule has 1 aromatic heterocycles. The summed E-state index contributed by atoms with van der Waals surface area (Å²) in [6.45, 7) is 6.72. The van der Waals surface area contributed by atoms with Crippen molar-refractivity contribution in [2.24, 2.45) is 0 Å². The summed E-state index contributed by atoms with van der Waals surface area (Å²) in [6.07, 6.45) is 4.27. The number of rotatable bonds is 2. The molecule has 0 aromatic carbocycles. The van der Waals surface area contributed by atoms with E-state index in [0.29, 0.717) is 0 Å². The van der Waals surface area contributed by atoms with E-state index in [4.69, 9.17) is 0 Å². The second kappa shape index (κ2) is 4.09. The van der Waals surface area contributed by atoms with E-state index in [9.17, 15) is 0 Å². The summed E-state index contributed by atoms with van der Waals surface area (Å²) < 4.78 is 0. The Hall–Kier alpha value is -1.03. The van der Waals surface area contributed by atoms with Gasteiger partial charge in [0.25, 0.3) is 0 Å². The molecule has 0 radical (unpaired) electrons. The van der Waals surface area contributed by atoms with Crippen LogP contribution in [0.15, 0.2) is 6.07 Å². The van der Waals surface area contributed by atoms with Gasteiger partial charge in [0.2, 0.25) is 0 Å². The predicted molar refractivity (Wildman–Crippen MR) is 64.7 cm³/mol. The average Bonchev–Trinajstić information content (AvgIpc) is 2.63. The highest BCUT2D eigenvalue weighted by Gasteiger charge is 2.28. The summed E-state index contributed by atoms with van der Waals surface area (Å²) in [4.78, 5) is 5.04. The molecule has 2 aliphatic rings. The first-order valence-corrected chi connectivity index (χ1v) is 6.34. The van der Waals surface area contributed by atoms with Crippen LogP contribution < -0.4 is 4.90 Å². The van der Waals surface area contributed by atoms with Crippen LogP contribution >= 0.6 is 0 Å². The molecular formula is C12H20N4. The lowest BCUT2D eigenvalue weighted by Crippen LogP contribution is -2.52. The van der Waals surface area contributed by atoms with Crippen LogP contribution in [0.5, 0.6) is 0 Å². The molecule has 1 aliphatic heterocycles. The molecule has 1 aromatic rings. The third-order valence-corrected chi connectivity index (χ3v) is 3.92. The number of aromatic amines is 1. The Morgan fingerprint density at radius 2 is 2.00 bits per heavy atom. The molecule has 16 heavy (non-hydrogen) atoms. The third-order valence-electron chi connectivity index (χ3n) is 3.92. The Balaban J connectivity index is 1.57. The molecule has 0 bridgehead atoms. The zero-order chi connectivity index (χ0) is 11.0. The topological polar surface area (TPSA) is 35.2 Å². The molecule has 0 unspecified atom stereocenters. The number of anilines is 1. The number of nitrogens with zero attached hydrogens (tertiary/aromatic N) is 3. The van der Waals surface area contributed by atoms with Crippen LogP contribution in [0.2, 0.25) is 0 Å². The van der Waals surface area contributed by atoms with E-state index in [1.165, 1.54) is 32.4 Å². The van der Waals surface area contributed by atoms with Gasteiger partial charge in [-0.3, -0.25) is 10.00 Å². The predicted octanol–water partition coefficient (Wildman–Crippen LogP) is 1.39. The summed E-state index contributed by atoms with van der Waals surface area (Å²) in [6, 6.07) is 3.03. The Kier molecular flexibility index (Phi) is 2.59. The highest BCUT2D eigenvalue weighted by molar-refractivity contribution is 5.39. The number of H-pyrrole nitrogens is 1. The molecule has 1 saturated heterocycles. The SMILES string of the molecule is Cc1cc(N2CCN(C3CCC3)CC2)n[nH]1. The van der Waals surface area contributed by atoms with Gasteiger partial charge >= 0.3 is 0 Å². The second-order valence-corrected chi connectivity index (χ2v) is 5.02. The van der Waals surface area contributed by atoms with Gasteiger partial charge in [-0.25, -0.2) is 0 Å². The Bertz CT molecular complexity index is 348. The maximum Gasteiger partial charge on any atom is 0.150 e. The minimum Gasteiger partial charge on any atom is -0.353 e. The first-order valence-electron chi connectivity index (χ1n) is 6.34. The maximum atomic E-state index is 4.33. The fourth-order valence-electron chi connectivity index (χ4n) is 2.63. The smallest absolute Gasteiger partial charge is 0.150 e. The zero-order valence-corrected chi connectivity index (χ0v) is 9.95. The molecule has 3 rings (SSSR count). The minimum atomic E-state index is 0.892. The van der Waals surface area contributed by atoms with Crippen LogP contribution in [-0.4, -0.2) is 47.3 Å². The maximum absolute atomic E-state index is 4.33. The number of aromatic nitrogens is 2. The van der Waals surface area contributed by atoms with E-state index in [2.05, 4.69) is 33.0 Å². The summed E-state index contributed by atoms with van der Waals surface area (Å²) >= 11 is 0. The first kappa shape index (κ1) is 10.1. The number of aryl methyl sites for hydroxylation is 1. The summed E-state index contributed by atoms with van der Waals surface area (Å²) in [5, 5.41) is 7.34. The normalized spacial score (nSPS) is 23.4. The van der Waals surface area contributed by atoms with Gasteiger partial charge in [-0.1, -0.05) is 6.42 Å². The molecule has 0 atom stereocenters. The standard InChI is InChI=1S/C12H20N4/c1-10-9-12(14-13-10)16-7-5-15(6-8-16)11-3-2-4-11/h9,11H,2-8H2,1H3,(H,13,14). The van der Waals surface area contributed by atoms with Crippen LogP contribution in [0.1, 0.15) is 25.0 Å². The lowest BCUT2D eigenvalue weighted by Gasteiger charge is -2.43. The van der Waals surface area contributed by atoms with Crippen LogP contribution in [0, 0.1) is 6.92 Å². The summed E-state index contributed by atoms with van der Waals surface area (Å²) in [7, 11) is 0. The van der Waals surface area contributed by atoms with Crippen molar-refractivity contribution in [3.8, 4) is 0 Å². The lowest BCUT2D eigenvalue weighted by atomic mass is 9.91. The minimum absolute atomic E-state index is 0.892. The molecule has 1 N–H and O–H groups in total. The van der Waals surface area contributed by atoms with Crippen molar-refractivity contribution in [2.75, 3.05) is 31.1 Å². The molecule has 4 heteroatoms. The largest absolute Gasteiger partial charge is 0.353 e. The summed E-state index contributed by atoms with van der Waals surface area (Å²) in [5.74, 6) is 1.12. The van der Waals surface area contributed by atoms with Crippen LogP contribution in [0.4, 0.5) is 5.82 Å². The van der Waals surface area contributed by atoms with Crippen molar-refractivity contribution in [1.29, 1.82) is 0 Å². The van der Waals surface area contributed by atoms with Gasteiger partial charge in [0.1, 0.15) is 0 Å². The van der Waals surface area contributed by atoms with Crippen LogP contribution in [-0.2, 0) is 0 Å². The average molecular weight is 220 g/mol. The molecule has 0 amide bonds. The second-order valence-electron chi connectivity index (χ2n) is 5.02. The Morgan fingerprint density at radius 1 is 1.25 bits per heavy atom. The first-order chi connectivity index (χ1) is 7.83. The number of hydrogen-bond acceptors (Lipinski definition) is 3. The van der Waals surface area contributed by atoms with Gasteiger partial charge in [0.05, 0.1) is 0 Å². The monoisotopic (exact) mass is 220 g/mol. The molecule has 4 nitrogen and oxygen atoms in total.